The SMILES string of the molecule is CCCc1cc2oc3cc(=[NH+]C(C)C)ccc-3c(-c3cc(C(=O)CCCOCCOCCNC(=O)OCCC(C)(C)SSCOCCCCOC(=O)CCC#Cc4cn([C@H]5C[C@H](OCS(=S)CC)[C@@H](COP(=O)(O)OP(=O)(O)OP(=O)(O)O)O5)c(=O)[nH]c4=O)ccc3C(=O)O)c2cc1C. The first-order chi connectivity index (χ1) is 46.9. The summed E-state index contributed by atoms with van der Waals surface area (Å²) in [5.74, 6) is 5.11. The van der Waals surface area contributed by atoms with Crippen molar-refractivity contribution in [3.05, 3.63) is 109 Å². The maximum Gasteiger partial charge on any atom is 0.490 e. The third kappa shape index (κ3) is 28.1. The van der Waals surface area contributed by atoms with Crippen LogP contribution in [0.4, 0.5) is 4.79 Å². The van der Waals surface area contributed by atoms with Crippen LogP contribution in [-0.4, -0.2) is 158 Å². The average Bonchev–Trinajstić information content (AvgIpc) is 0.941. The molecular formula is C63H86N4O25P3S4+. The van der Waals surface area contributed by atoms with Gasteiger partial charge in [0.25, 0.3) is 5.56 Å². The second-order valence-electron chi connectivity index (χ2n) is 23.4. The number of alkyl carbamates (subject to hydrolysis) is 1. The summed E-state index contributed by atoms with van der Waals surface area (Å²) in [7, 11) is -14.5. The fourth-order valence-electron chi connectivity index (χ4n) is 9.82. The van der Waals surface area contributed by atoms with Gasteiger partial charge < -0.3 is 67.6 Å². The lowest BCUT2D eigenvalue weighted by Gasteiger charge is -2.22. The molecular weight excluding hydrogens is 1430 g/mol. The summed E-state index contributed by atoms with van der Waals surface area (Å²) in [5, 5.41) is 14.7. The summed E-state index contributed by atoms with van der Waals surface area (Å²) in [4.78, 5) is 119. The van der Waals surface area contributed by atoms with E-state index in [-0.39, 0.29) is 98.9 Å². The molecule has 2 aliphatic heterocycles. The lowest BCUT2D eigenvalue weighted by molar-refractivity contribution is -0.534. The number of fused-ring (bicyclic) bond motifs is 2. The smallest absolute Gasteiger partial charge is 0.478 e. The summed E-state index contributed by atoms with van der Waals surface area (Å²) in [6.45, 7) is 15.3. The Morgan fingerprint density at radius 2 is 1.63 bits per heavy atom. The van der Waals surface area contributed by atoms with Crippen LogP contribution < -0.4 is 26.9 Å². The van der Waals surface area contributed by atoms with Gasteiger partial charge in [0.15, 0.2) is 5.78 Å². The first-order valence-electron chi connectivity index (χ1n) is 31.7. The van der Waals surface area contributed by atoms with Crippen molar-refractivity contribution >= 4 is 100 Å². The largest absolute Gasteiger partial charge is 0.490 e. The number of esters is 1. The Kier molecular flexibility index (Phi) is 33.4. The van der Waals surface area contributed by atoms with Crippen molar-refractivity contribution in [3.63, 3.8) is 0 Å². The van der Waals surface area contributed by atoms with Gasteiger partial charge in [0.1, 0.15) is 41.2 Å². The van der Waals surface area contributed by atoms with Gasteiger partial charge in [-0.3, -0.25) is 28.5 Å². The quantitative estimate of drug-likeness (QED) is 0.00269. The van der Waals surface area contributed by atoms with Crippen molar-refractivity contribution in [3.8, 4) is 34.3 Å². The number of Topliss-reactive ketones (excluding diaryl/α,β-unsaturated/α-hetero) is 1. The fraction of sp³-hybridized carbons (Fsp3) is 0.540. The average molecular weight is 1520 g/mol. The normalized spacial score (nSPS) is 16.7. The Morgan fingerprint density at radius 1 is 0.889 bits per heavy atom. The lowest BCUT2D eigenvalue weighted by atomic mass is 9.87. The number of H-pyrrole nitrogens is 1. The first kappa shape index (κ1) is 82.7. The van der Waals surface area contributed by atoms with E-state index in [0.29, 0.717) is 78.6 Å². The number of aromatic carboxylic acids is 1. The minimum absolute atomic E-state index is 0.000809. The number of hydrogen-bond donors (Lipinski definition) is 8. The second-order valence-corrected chi connectivity index (χ2v) is 33.8. The van der Waals surface area contributed by atoms with Gasteiger partial charge in [0.05, 0.1) is 69.7 Å². The number of unbranched alkanes of at least 4 members (excludes halogenated alkanes) is 1. The highest BCUT2D eigenvalue weighted by molar-refractivity contribution is 8.77. The van der Waals surface area contributed by atoms with E-state index in [2.05, 4.69) is 42.7 Å². The zero-order valence-corrected chi connectivity index (χ0v) is 61.8. The number of hydrogen-bond acceptors (Lipinski definition) is 23. The molecule has 0 bridgehead atoms. The number of nitrogens with one attached hydrogen (secondary N) is 3. The number of ether oxygens (including phenoxy) is 7. The summed E-state index contributed by atoms with van der Waals surface area (Å²) >= 11 is 5.32. The van der Waals surface area contributed by atoms with Crippen LogP contribution in [0.15, 0.2) is 68.7 Å². The van der Waals surface area contributed by atoms with Crippen molar-refractivity contribution in [2.75, 3.05) is 77.0 Å². The molecule has 3 aromatic rings. The van der Waals surface area contributed by atoms with Crippen molar-refractivity contribution in [1.82, 2.24) is 14.9 Å². The highest BCUT2D eigenvalue weighted by Crippen LogP contribution is 2.66. The number of benzene rings is 3. The van der Waals surface area contributed by atoms with Crippen LogP contribution in [0.1, 0.15) is 143 Å². The third-order valence-corrected chi connectivity index (χ3v) is 23.4. The minimum Gasteiger partial charge on any atom is -0.478 e. The number of aromatic amines is 1. The lowest BCUT2D eigenvalue weighted by Crippen LogP contribution is -2.81. The predicted molar refractivity (Wildman–Crippen MR) is 373 cm³/mol. The molecule has 1 fully saturated rings. The number of carbonyl (C=O) groups is 4. The fourth-order valence-corrected chi connectivity index (χ4v) is 15.8. The van der Waals surface area contributed by atoms with Gasteiger partial charge in [-0.15, -0.1) is 0 Å². The highest BCUT2D eigenvalue weighted by Gasteiger charge is 2.44. The number of carboxylic acids is 1. The zero-order chi connectivity index (χ0) is 72.5. The first-order valence-corrected chi connectivity index (χ1v) is 41.0. The number of aromatic nitrogens is 2. The van der Waals surface area contributed by atoms with Gasteiger partial charge in [0.2, 0.25) is 5.36 Å². The predicted octanol–water partition coefficient (Wildman–Crippen LogP) is 7.88. The van der Waals surface area contributed by atoms with E-state index in [0.717, 1.165) is 51.0 Å². The summed E-state index contributed by atoms with van der Waals surface area (Å²) < 4.78 is 94.2. The van der Waals surface area contributed by atoms with Crippen LogP contribution in [0.3, 0.4) is 0 Å². The van der Waals surface area contributed by atoms with Crippen LogP contribution in [-0.2, 0) is 91.9 Å². The van der Waals surface area contributed by atoms with E-state index >= 15 is 0 Å². The molecule has 6 atom stereocenters. The number of rotatable bonds is 42. The highest BCUT2D eigenvalue weighted by atomic mass is 33.1. The van der Waals surface area contributed by atoms with Crippen molar-refractivity contribution in [2.24, 2.45) is 0 Å². The molecule has 3 heterocycles. The molecule has 36 heteroatoms. The number of phosphoric ester groups is 1. The van der Waals surface area contributed by atoms with E-state index in [1.54, 1.807) is 22.9 Å². The van der Waals surface area contributed by atoms with E-state index in [4.69, 9.17) is 63.1 Å². The van der Waals surface area contributed by atoms with Crippen LogP contribution in [0.5, 0.6) is 0 Å². The van der Waals surface area contributed by atoms with Gasteiger partial charge >= 0.3 is 47.2 Å². The monoisotopic (exact) mass is 1520 g/mol. The van der Waals surface area contributed by atoms with Crippen molar-refractivity contribution < 1.29 is 113 Å². The number of nitrogens with zero attached hydrogens (tertiary/aromatic N) is 1. The molecule has 0 radical (unpaired) electrons. The van der Waals surface area contributed by atoms with Crippen LogP contribution >= 0.6 is 45.1 Å². The van der Waals surface area contributed by atoms with Gasteiger partial charge in [-0.05, 0) is 131 Å². The molecule has 546 valence electrons. The molecule has 2 aromatic carbocycles. The molecule has 3 aliphatic rings. The molecule has 0 spiro atoms. The number of carboxylic acid groups (broad SMARTS) is 1. The number of ketones is 1. The Morgan fingerprint density at radius 3 is 2.34 bits per heavy atom. The molecule has 29 nitrogen and oxygen atoms in total. The van der Waals surface area contributed by atoms with Gasteiger partial charge in [-0.25, -0.2) is 33.1 Å². The molecule has 1 aliphatic carbocycles. The number of amides is 1. The summed E-state index contributed by atoms with van der Waals surface area (Å²) in [6.07, 6.45) is 1.09. The Hall–Kier alpha value is -5.27. The van der Waals surface area contributed by atoms with Crippen LogP contribution in [0.2, 0.25) is 0 Å². The molecule has 1 amide bonds. The standard InChI is InChI=1S/C63H85N4O25P3S4/c1-8-15-43-34-52-50(32-42(43)5)58(48-22-20-46(65-41(3)4)35-53(48)89-52)49-33-44(19-21-47(49)60(71)72)51(68)17-14-26-82-30-31-83-29-24-64-62(74)86-28-23-63(6,7)98-97-39-84-25-12-13-27-85-57(69)18-11-10-16-45-37-67(61(73)66-59(45)70)56-36-54(87-40-99(96)9-2)55(90-56)38-88-94(78,79)92-95(80,81)91-93(75,76)77/h19-22,32-35,37,41,54-56H,8-9,11-15,17-18,23-31,36,38-40H2,1-7H3,(H,64,74)(H,71,72)(H,78,79)(H,80,81)(H,66,70,73)(H2,75,76,77)/p+1/t54-,55+,56+,99?/m0/s1. The van der Waals surface area contributed by atoms with Crippen molar-refractivity contribution in [1.29, 1.82) is 0 Å². The molecule has 6 rings (SSSR count). The van der Waals surface area contributed by atoms with Gasteiger partial charge in [-0.1, -0.05) is 69.2 Å². The Bertz CT molecular complexity index is 4000. The van der Waals surface area contributed by atoms with Gasteiger partial charge in [-0.2, -0.15) is 8.62 Å². The maximum atomic E-state index is 13.6. The van der Waals surface area contributed by atoms with Crippen LogP contribution in [0.25, 0.3) is 33.4 Å². The maximum absolute atomic E-state index is 13.6. The minimum atomic E-state index is -5.81. The number of phosphoric acid groups is 3. The molecule has 1 saturated heterocycles. The van der Waals surface area contributed by atoms with Gasteiger partial charge in [0, 0.05) is 78.1 Å². The van der Waals surface area contributed by atoms with Crippen LogP contribution in [0, 0.1) is 18.8 Å². The van der Waals surface area contributed by atoms with E-state index in [1.165, 1.54) is 16.9 Å². The molecule has 99 heavy (non-hydrogen) atoms. The van der Waals surface area contributed by atoms with E-state index in [9.17, 15) is 57.4 Å². The van der Waals surface area contributed by atoms with Crippen molar-refractivity contribution in [2.45, 2.75) is 142 Å². The Labute approximate surface area is 587 Å². The molecule has 0 saturated carbocycles. The summed E-state index contributed by atoms with van der Waals surface area (Å²) in [5.41, 5.74) is 3.22. The van der Waals surface area contributed by atoms with E-state index < -0.39 is 87.2 Å². The molecule has 3 unspecified atom stereocenters. The molecule has 1 aromatic heterocycles. The second kappa shape index (κ2) is 40.0. The van der Waals surface area contributed by atoms with E-state index in [1.807, 2.05) is 71.9 Å². The zero-order valence-electron chi connectivity index (χ0n) is 55.9. The third-order valence-electron chi connectivity index (χ3n) is 14.6. The number of carbonyl (C=O) groups excluding carboxylic acids is 3. The summed E-state index contributed by atoms with van der Waals surface area (Å²) in [6, 6.07) is 14.8. The molecule has 8 N–H and O–H groups in total. The number of aryl methyl sites for hydroxylation is 2. The Balaban J connectivity index is 0.801. The topological polar surface area (TPSA) is 407 Å².